The largest absolute Gasteiger partial charge is 0.417 e. The number of hydrogen-bond donors (Lipinski definition) is 0. The van der Waals surface area contributed by atoms with E-state index in [1.165, 1.54) is 11.9 Å². The van der Waals surface area contributed by atoms with Crippen LogP contribution in [0, 0.1) is 10.1 Å². The van der Waals surface area contributed by atoms with Crippen LogP contribution in [0.5, 0.6) is 0 Å². The van der Waals surface area contributed by atoms with Crippen LogP contribution in [-0.2, 0) is 6.18 Å². The molecule has 0 radical (unpaired) electrons. The van der Waals surface area contributed by atoms with Gasteiger partial charge in [0.05, 0.1) is 10.5 Å². The molecule has 0 amide bonds. The maximum absolute atomic E-state index is 12.7. The highest BCUT2D eigenvalue weighted by atomic mass is 79.9. The number of benzene rings is 1. The molecule has 0 N–H and O–H groups in total. The van der Waals surface area contributed by atoms with Crippen molar-refractivity contribution >= 4 is 38.9 Å². The standard InChI is InChI=1S/C10H9BrClF3N2O2/c1-16(3-2-12)8-5-7(11)6(10(13,14)15)4-9(8)17(18)19/h4-5H,2-3H2,1H3. The van der Waals surface area contributed by atoms with Crippen molar-refractivity contribution in [2.45, 2.75) is 6.18 Å². The Hall–Kier alpha value is -1.02. The summed E-state index contributed by atoms with van der Waals surface area (Å²) in [5, 5.41) is 10.9. The SMILES string of the molecule is CN(CCCl)c1cc(Br)c(C(F)(F)F)cc1[N+](=O)[O-]. The molecule has 0 aliphatic carbocycles. The second kappa shape index (κ2) is 5.96. The van der Waals surface area contributed by atoms with Gasteiger partial charge < -0.3 is 4.90 Å². The van der Waals surface area contributed by atoms with Gasteiger partial charge in [0.15, 0.2) is 0 Å². The van der Waals surface area contributed by atoms with Crippen LogP contribution in [0.3, 0.4) is 0 Å². The van der Waals surface area contributed by atoms with Gasteiger partial charge in [-0.05, 0) is 6.07 Å². The Labute approximate surface area is 120 Å². The Morgan fingerprint density at radius 2 is 2.05 bits per heavy atom. The van der Waals surface area contributed by atoms with Crippen LogP contribution in [-0.4, -0.2) is 24.4 Å². The van der Waals surface area contributed by atoms with Crippen molar-refractivity contribution in [3.63, 3.8) is 0 Å². The molecule has 1 rings (SSSR count). The maximum Gasteiger partial charge on any atom is 0.417 e. The molecule has 0 spiro atoms. The van der Waals surface area contributed by atoms with Crippen LogP contribution in [0.4, 0.5) is 24.5 Å². The lowest BCUT2D eigenvalue weighted by atomic mass is 10.1. The van der Waals surface area contributed by atoms with Gasteiger partial charge in [0.1, 0.15) is 5.69 Å². The predicted molar refractivity (Wildman–Crippen MR) is 69.8 cm³/mol. The molecule has 0 atom stereocenters. The van der Waals surface area contributed by atoms with Crippen molar-refractivity contribution in [3.05, 3.63) is 32.3 Å². The summed E-state index contributed by atoms with van der Waals surface area (Å²) >= 11 is 8.30. The van der Waals surface area contributed by atoms with Gasteiger partial charge in [-0.2, -0.15) is 13.2 Å². The van der Waals surface area contributed by atoms with Gasteiger partial charge in [0, 0.05) is 30.0 Å². The first-order valence-corrected chi connectivity index (χ1v) is 6.33. The van der Waals surface area contributed by atoms with E-state index in [9.17, 15) is 23.3 Å². The quantitative estimate of drug-likeness (QED) is 0.462. The van der Waals surface area contributed by atoms with Crippen molar-refractivity contribution in [2.75, 3.05) is 24.4 Å². The minimum atomic E-state index is -4.66. The van der Waals surface area contributed by atoms with E-state index in [0.717, 1.165) is 6.07 Å². The molecule has 0 aliphatic heterocycles. The van der Waals surface area contributed by atoms with Crippen LogP contribution >= 0.6 is 27.5 Å². The fourth-order valence-electron chi connectivity index (χ4n) is 1.47. The lowest BCUT2D eigenvalue weighted by Gasteiger charge is -2.19. The van der Waals surface area contributed by atoms with Crippen LogP contribution < -0.4 is 4.90 Å². The predicted octanol–water partition coefficient (Wildman–Crippen LogP) is 4.05. The number of anilines is 1. The average molecular weight is 362 g/mol. The Morgan fingerprint density at radius 1 is 1.47 bits per heavy atom. The fraction of sp³-hybridized carbons (Fsp3) is 0.400. The number of nitro benzene ring substituents is 1. The normalized spacial score (nSPS) is 11.5. The van der Waals surface area contributed by atoms with Crippen molar-refractivity contribution in [1.29, 1.82) is 0 Å². The molecule has 0 aromatic heterocycles. The molecule has 0 bridgehead atoms. The number of hydrogen-bond acceptors (Lipinski definition) is 3. The Bertz CT molecular complexity index is 496. The molecular formula is C10H9BrClF3N2O2. The molecule has 0 fully saturated rings. The Balaban J connectivity index is 3.42. The molecule has 9 heteroatoms. The molecule has 0 aliphatic rings. The van der Waals surface area contributed by atoms with E-state index in [0.29, 0.717) is 6.07 Å². The first-order chi connectivity index (χ1) is 8.68. The van der Waals surface area contributed by atoms with Crippen molar-refractivity contribution in [3.8, 4) is 0 Å². The van der Waals surface area contributed by atoms with Gasteiger partial charge in [0.25, 0.3) is 5.69 Å². The molecule has 106 valence electrons. The lowest BCUT2D eigenvalue weighted by Crippen LogP contribution is -2.21. The van der Waals surface area contributed by atoms with E-state index in [-0.39, 0.29) is 22.6 Å². The summed E-state index contributed by atoms with van der Waals surface area (Å²) < 4.78 is 37.8. The number of halogens is 5. The second-order valence-electron chi connectivity index (χ2n) is 3.69. The first-order valence-electron chi connectivity index (χ1n) is 5.00. The van der Waals surface area contributed by atoms with Crippen molar-refractivity contribution in [2.24, 2.45) is 0 Å². The van der Waals surface area contributed by atoms with Gasteiger partial charge in [-0.3, -0.25) is 10.1 Å². The number of alkyl halides is 4. The zero-order chi connectivity index (χ0) is 14.8. The topological polar surface area (TPSA) is 46.4 Å². The third-order valence-corrected chi connectivity index (χ3v) is 3.22. The minimum absolute atomic E-state index is 0.0746. The van der Waals surface area contributed by atoms with E-state index in [4.69, 9.17) is 11.6 Å². The molecule has 1 aromatic carbocycles. The molecular weight excluding hydrogens is 352 g/mol. The monoisotopic (exact) mass is 360 g/mol. The molecule has 0 saturated heterocycles. The van der Waals surface area contributed by atoms with Crippen LogP contribution in [0.25, 0.3) is 0 Å². The summed E-state index contributed by atoms with van der Waals surface area (Å²) in [5.41, 5.74) is -1.61. The number of rotatable bonds is 4. The van der Waals surface area contributed by atoms with E-state index >= 15 is 0 Å². The van der Waals surface area contributed by atoms with Crippen LogP contribution in [0.15, 0.2) is 16.6 Å². The number of nitro groups is 1. The minimum Gasteiger partial charge on any atom is -0.368 e. The van der Waals surface area contributed by atoms with Crippen LogP contribution in [0.1, 0.15) is 5.56 Å². The lowest BCUT2D eigenvalue weighted by molar-refractivity contribution is -0.384. The summed E-state index contributed by atoms with van der Waals surface area (Å²) in [6, 6.07) is 1.59. The summed E-state index contributed by atoms with van der Waals surface area (Å²) in [4.78, 5) is 11.5. The zero-order valence-corrected chi connectivity index (χ0v) is 12.0. The third-order valence-electron chi connectivity index (χ3n) is 2.40. The molecule has 0 heterocycles. The van der Waals surface area contributed by atoms with Gasteiger partial charge in [-0.25, -0.2) is 0 Å². The summed E-state index contributed by atoms with van der Waals surface area (Å²) in [6.45, 7) is 0.278. The van der Waals surface area contributed by atoms with Gasteiger partial charge in [-0.1, -0.05) is 15.9 Å². The van der Waals surface area contributed by atoms with E-state index in [2.05, 4.69) is 15.9 Å². The molecule has 19 heavy (non-hydrogen) atoms. The third kappa shape index (κ3) is 3.73. The highest BCUT2D eigenvalue weighted by Gasteiger charge is 2.36. The van der Waals surface area contributed by atoms with Crippen molar-refractivity contribution < 1.29 is 18.1 Å². The highest BCUT2D eigenvalue weighted by molar-refractivity contribution is 9.10. The first kappa shape index (κ1) is 16.0. The fourth-order valence-corrected chi connectivity index (χ4v) is 2.28. The Kier molecular flexibility index (Phi) is 5.03. The zero-order valence-electron chi connectivity index (χ0n) is 9.67. The van der Waals surface area contributed by atoms with E-state index in [1.807, 2.05) is 0 Å². The molecule has 1 aromatic rings. The second-order valence-corrected chi connectivity index (χ2v) is 4.92. The van der Waals surface area contributed by atoms with E-state index in [1.54, 1.807) is 0 Å². The van der Waals surface area contributed by atoms with Gasteiger partial charge in [-0.15, -0.1) is 11.6 Å². The average Bonchev–Trinajstić information content (AvgIpc) is 2.26. The van der Waals surface area contributed by atoms with Gasteiger partial charge >= 0.3 is 6.18 Å². The molecule has 0 unspecified atom stereocenters. The van der Waals surface area contributed by atoms with Crippen LogP contribution in [0.2, 0.25) is 0 Å². The highest BCUT2D eigenvalue weighted by Crippen LogP contribution is 2.41. The smallest absolute Gasteiger partial charge is 0.368 e. The summed E-state index contributed by atoms with van der Waals surface area (Å²) in [7, 11) is 1.52. The maximum atomic E-state index is 12.7. The summed E-state index contributed by atoms with van der Waals surface area (Å²) in [6.07, 6.45) is -4.66. The summed E-state index contributed by atoms with van der Waals surface area (Å²) in [5.74, 6) is 0.201. The molecule has 0 saturated carbocycles. The van der Waals surface area contributed by atoms with Gasteiger partial charge in [0.2, 0.25) is 0 Å². The van der Waals surface area contributed by atoms with E-state index < -0.39 is 22.4 Å². The van der Waals surface area contributed by atoms with Crippen molar-refractivity contribution in [1.82, 2.24) is 0 Å². The number of nitrogens with zero attached hydrogens (tertiary/aromatic N) is 2. The molecule has 4 nitrogen and oxygen atoms in total. The Morgan fingerprint density at radius 3 is 2.47 bits per heavy atom.